The third-order valence-electron chi connectivity index (χ3n) is 3.36. The molecule has 0 aromatic carbocycles. The molecule has 2 aromatic heterocycles. The van der Waals surface area contributed by atoms with Gasteiger partial charge >= 0.3 is 5.97 Å². The molecule has 1 aliphatic heterocycles. The fourth-order valence-electron chi connectivity index (χ4n) is 2.50. The highest BCUT2D eigenvalue weighted by atomic mass is 16.4. The van der Waals surface area contributed by atoms with Gasteiger partial charge in [-0.3, -0.25) is 4.79 Å². The molecule has 0 amide bonds. The van der Waals surface area contributed by atoms with E-state index in [-0.39, 0.29) is 12.3 Å². The number of carboxylic acids is 1. The Hall–Kier alpha value is -2.25. The third-order valence-corrected chi connectivity index (χ3v) is 3.36. The van der Waals surface area contributed by atoms with Crippen LogP contribution in [0.1, 0.15) is 19.3 Å². The summed E-state index contributed by atoms with van der Waals surface area (Å²) in [5.41, 5.74) is 0.600. The number of hydrogen-bond donors (Lipinski definition) is 1. The van der Waals surface area contributed by atoms with Crippen LogP contribution in [-0.4, -0.2) is 49.4 Å². The van der Waals surface area contributed by atoms with Crippen molar-refractivity contribution in [2.75, 3.05) is 18.0 Å². The molecule has 1 atom stereocenters. The van der Waals surface area contributed by atoms with E-state index < -0.39 is 5.97 Å². The number of aliphatic carboxylic acids is 1. The number of piperidine rings is 1. The van der Waals surface area contributed by atoms with Crippen molar-refractivity contribution in [3.05, 3.63) is 12.1 Å². The van der Waals surface area contributed by atoms with Crippen molar-refractivity contribution < 1.29 is 9.90 Å². The lowest BCUT2D eigenvalue weighted by Gasteiger charge is -2.32. The molecular weight excluding hydrogens is 248 g/mol. The molecule has 8 heteroatoms. The molecular formula is C11H14N6O2. The fraction of sp³-hybridized carbons (Fsp3) is 0.545. The lowest BCUT2D eigenvalue weighted by Crippen LogP contribution is -2.37. The van der Waals surface area contributed by atoms with Gasteiger partial charge in [-0.25, -0.2) is 0 Å². The van der Waals surface area contributed by atoms with E-state index in [4.69, 9.17) is 5.11 Å². The predicted octanol–water partition coefficient (Wildman–Crippen LogP) is 0.210. The smallest absolute Gasteiger partial charge is 0.303 e. The van der Waals surface area contributed by atoms with E-state index in [1.165, 1.54) is 4.63 Å². The van der Waals surface area contributed by atoms with Gasteiger partial charge in [-0.1, -0.05) is 0 Å². The van der Waals surface area contributed by atoms with Crippen LogP contribution in [0, 0.1) is 5.92 Å². The van der Waals surface area contributed by atoms with Gasteiger partial charge < -0.3 is 10.0 Å². The summed E-state index contributed by atoms with van der Waals surface area (Å²) in [6.45, 7) is 1.60. The highest BCUT2D eigenvalue weighted by Gasteiger charge is 2.23. The van der Waals surface area contributed by atoms with E-state index in [9.17, 15) is 4.79 Å². The Morgan fingerprint density at radius 2 is 2.37 bits per heavy atom. The molecule has 8 nitrogen and oxygen atoms in total. The van der Waals surface area contributed by atoms with E-state index in [0.717, 1.165) is 25.2 Å². The number of anilines is 1. The van der Waals surface area contributed by atoms with Crippen LogP contribution in [0.3, 0.4) is 0 Å². The molecule has 3 rings (SSSR count). The molecule has 2 aromatic rings. The van der Waals surface area contributed by atoms with Crippen LogP contribution in [-0.2, 0) is 4.79 Å². The molecule has 1 unspecified atom stereocenters. The lowest BCUT2D eigenvalue weighted by molar-refractivity contribution is -0.138. The van der Waals surface area contributed by atoms with Crippen LogP contribution < -0.4 is 4.90 Å². The molecule has 1 aliphatic rings. The monoisotopic (exact) mass is 262 g/mol. The summed E-state index contributed by atoms with van der Waals surface area (Å²) in [6.07, 6.45) is 2.15. The molecule has 100 valence electrons. The molecule has 0 bridgehead atoms. The first-order valence-corrected chi connectivity index (χ1v) is 6.24. The highest BCUT2D eigenvalue weighted by molar-refractivity contribution is 5.67. The summed E-state index contributed by atoms with van der Waals surface area (Å²) in [5.74, 6) is 0.225. The Bertz CT molecular complexity index is 598. The second-order valence-electron chi connectivity index (χ2n) is 4.77. The Balaban J connectivity index is 1.78. The van der Waals surface area contributed by atoms with Gasteiger partial charge in [-0.2, -0.15) is 0 Å². The number of carboxylic acid groups (broad SMARTS) is 1. The number of aromatic nitrogens is 5. The first-order chi connectivity index (χ1) is 9.22. The number of fused-ring (bicyclic) bond motifs is 1. The van der Waals surface area contributed by atoms with Gasteiger partial charge in [0, 0.05) is 19.5 Å². The minimum absolute atomic E-state index is 0.178. The highest BCUT2D eigenvalue weighted by Crippen LogP contribution is 2.23. The van der Waals surface area contributed by atoms with Crippen LogP contribution in [0.2, 0.25) is 0 Å². The summed E-state index contributed by atoms with van der Waals surface area (Å²) >= 11 is 0. The molecule has 1 fully saturated rings. The van der Waals surface area contributed by atoms with E-state index >= 15 is 0 Å². The predicted molar refractivity (Wildman–Crippen MR) is 65.8 cm³/mol. The van der Waals surface area contributed by atoms with Gasteiger partial charge in [0.2, 0.25) is 0 Å². The zero-order chi connectivity index (χ0) is 13.2. The van der Waals surface area contributed by atoms with Gasteiger partial charge in [0.1, 0.15) is 0 Å². The van der Waals surface area contributed by atoms with Crippen molar-refractivity contribution in [3.63, 3.8) is 0 Å². The number of carbonyl (C=O) groups is 1. The van der Waals surface area contributed by atoms with Crippen molar-refractivity contribution in [2.24, 2.45) is 5.92 Å². The molecule has 0 radical (unpaired) electrons. The fourth-order valence-corrected chi connectivity index (χ4v) is 2.50. The van der Waals surface area contributed by atoms with Crippen molar-refractivity contribution >= 4 is 17.4 Å². The van der Waals surface area contributed by atoms with E-state index in [1.807, 2.05) is 12.1 Å². The molecule has 1 N–H and O–H groups in total. The molecule has 19 heavy (non-hydrogen) atoms. The first kappa shape index (κ1) is 11.8. The van der Waals surface area contributed by atoms with Crippen LogP contribution in [0.15, 0.2) is 12.1 Å². The summed E-state index contributed by atoms with van der Waals surface area (Å²) in [7, 11) is 0. The van der Waals surface area contributed by atoms with E-state index in [1.54, 1.807) is 0 Å². The number of hydrogen-bond acceptors (Lipinski definition) is 6. The van der Waals surface area contributed by atoms with Crippen molar-refractivity contribution in [1.82, 2.24) is 25.3 Å². The molecule has 0 spiro atoms. The molecule has 0 aliphatic carbocycles. The summed E-state index contributed by atoms with van der Waals surface area (Å²) in [6, 6.07) is 3.68. The largest absolute Gasteiger partial charge is 0.481 e. The van der Waals surface area contributed by atoms with Crippen molar-refractivity contribution in [1.29, 1.82) is 0 Å². The van der Waals surface area contributed by atoms with Crippen LogP contribution in [0.25, 0.3) is 5.65 Å². The number of nitrogens with zero attached hydrogens (tertiary/aromatic N) is 6. The van der Waals surface area contributed by atoms with Gasteiger partial charge in [-0.05, 0) is 41.3 Å². The first-order valence-electron chi connectivity index (χ1n) is 6.24. The summed E-state index contributed by atoms with van der Waals surface area (Å²) < 4.78 is 1.39. The lowest BCUT2D eigenvalue weighted by atomic mass is 9.95. The minimum Gasteiger partial charge on any atom is -0.481 e. The van der Waals surface area contributed by atoms with Crippen molar-refractivity contribution in [3.8, 4) is 0 Å². The van der Waals surface area contributed by atoms with Crippen LogP contribution in [0.4, 0.5) is 5.82 Å². The van der Waals surface area contributed by atoms with Gasteiger partial charge in [0.15, 0.2) is 11.5 Å². The second kappa shape index (κ2) is 4.79. The topological polar surface area (TPSA) is 96.5 Å². The molecule has 3 heterocycles. The average molecular weight is 262 g/mol. The second-order valence-corrected chi connectivity index (χ2v) is 4.77. The minimum atomic E-state index is -0.740. The Kier molecular flexibility index (Phi) is 2.98. The van der Waals surface area contributed by atoms with Gasteiger partial charge in [0.05, 0.1) is 0 Å². The Labute approximate surface area is 109 Å². The molecule has 0 saturated carbocycles. The van der Waals surface area contributed by atoms with E-state index in [0.29, 0.717) is 12.2 Å². The number of rotatable bonds is 3. The zero-order valence-electron chi connectivity index (χ0n) is 10.3. The van der Waals surface area contributed by atoms with Gasteiger partial charge in [-0.15, -0.1) is 14.8 Å². The summed E-state index contributed by atoms with van der Waals surface area (Å²) in [4.78, 5) is 12.9. The van der Waals surface area contributed by atoms with Crippen molar-refractivity contribution in [2.45, 2.75) is 19.3 Å². The van der Waals surface area contributed by atoms with Gasteiger partial charge in [0.25, 0.3) is 0 Å². The Morgan fingerprint density at radius 1 is 1.47 bits per heavy atom. The SMILES string of the molecule is O=C(O)CC1CCCN(c2ccc3nnnn3n2)C1. The third kappa shape index (κ3) is 2.47. The maximum Gasteiger partial charge on any atom is 0.303 e. The summed E-state index contributed by atoms with van der Waals surface area (Å²) in [5, 5.41) is 24.3. The quantitative estimate of drug-likeness (QED) is 0.844. The van der Waals surface area contributed by atoms with E-state index in [2.05, 4.69) is 25.5 Å². The standard InChI is InChI=1S/C11H14N6O2/c18-11(19)6-8-2-1-5-16(7-8)10-4-3-9-12-14-15-17(9)13-10/h3-4,8H,1-2,5-7H2,(H,18,19). The van der Waals surface area contributed by atoms with Crippen LogP contribution >= 0.6 is 0 Å². The normalized spacial score (nSPS) is 19.8. The van der Waals surface area contributed by atoms with Crippen LogP contribution in [0.5, 0.6) is 0 Å². The zero-order valence-corrected chi connectivity index (χ0v) is 10.3. The Morgan fingerprint density at radius 3 is 3.21 bits per heavy atom. The average Bonchev–Trinajstić information content (AvgIpc) is 2.85. The number of tetrazole rings is 1. The maximum absolute atomic E-state index is 10.8. The molecule has 1 saturated heterocycles. The maximum atomic E-state index is 10.8.